The second-order valence-corrected chi connectivity index (χ2v) is 17.6. The molecular formula is C65H42N2O2. The van der Waals surface area contributed by atoms with Gasteiger partial charge in [0, 0.05) is 22.3 Å². The van der Waals surface area contributed by atoms with Crippen LogP contribution in [0.3, 0.4) is 0 Å². The van der Waals surface area contributed by atoms with Gasteiger partial charge in [-0.25, -0.2) is 9.97 Å². The molecule has 10 aromatic carbocycles. The molecule has 324 valence electrons. The zero-order valence-corrected chi connectivity index (χ0v) is 37.5. The largest absolute Gasteiger partial charge is 0.449 e. The first-order valence-electron chi connectivity index (χ1n) is 23.4. The molecule has 4 nitrogen and oxygen atoms in total. The molecule has 0 N–H and O–H groups in total. The quantitative estimate of drug-likeness (QED) is 0.152. The van der Waals surface area contributed by atoms with Crippen molar-refractivity contribution in [2.75, 3.05) is 0 Å². The lowest BCUT2D eigenvalue weighted by atomic mass is 9.68. The van der Waals surface area contributed by atoms with Crippen LogP contribution in [-0.4, -0.2) is 9.97 Å². The highest BCUT2D eigenvalue weighted by Crippen LogP contribution is 2.62. The zero-order valence-electron chi connectivity index (χ0n) is 37.5. The Morgan fingerprint density at radius 1 is 0.290 bits per heavy atom. The highest BCUT2D eigenvalue weighted by Gasteiger charge is 2.48. The van der Waals surface area contributed by atoms with E-state index in [1.54, 1.807) is 0 Å². The van der Waals surface area contributed by atoms with E-state index in [0.29, 0.717) is 23.1 Å². The SMILES string of the molecule is c1ccc(-c2ccc(-c3cc(-c4ccccc4-c4ccc5c(c4)Oc4ccc6c(c4O5)-c4ccccc4C6(c4ccccc4)c4ccccc4)nc(-c4ccc(-c5ccccc5)cc4)n3)cc2)cc1. The van der Waals surface area contributed by atoms with Gasteiger partial charge in [0.2, 0.25) is 0 Å². The number of ether oxygens (including phenoxy) is 2. The van der Waals surface area contributed by atoms with Gasteiger partial charge in [0.05, 0.1) is 16.8 Å². The normalized spacial score (nSPS) is 12.7. The minimum atomic E-state index is -0.543. The van der Waals surface area contributed by atoms with E-state index in [1.165, 1.54) is 27.8 Å². The second kappa shape index (κ2) is 16.6. The summed E-state index contributed by atoms with van der Waals surface area (Å²) in [6.45, 7) is 0. The maximum atomic E-state index is 7.00. The Balaban J connectivity index is 0.895. The van der Waals surface area contributed by atoms with Crippen molar-refractivity contribution in [3.8, 4) is 101 Å². The molecule has 0 spiro atoms. The van der Waals surface area contributed by atoms with Crippen molar-refractivity contribution in [1.82, 2.24) is 9.97 Å². The van der Waals surface area contributed by atoms with Crippen molar-refractivity contribution in [2.24, 2.45) is 0 Å². The summed E-state index contributed by atoms with van der Waals surface area (Å²) in [6, 6.07) is 89.5. The Labute approximate surface area is 401 Å². The molecule has 0 radical (unpaired) electrons. The van der Waals surface area contributed by atoms with Gasteiger partial charge in [0.15, 0.2) is 28.8 Å². The zero-order chi connectivity index (χ0) is 45.7. The van der Waals surface area contributed by atoms with E-state index in [9.17, 15) is 0 Å². The third kappa shape index (κ3) is 6.84. The third-order valence-corrected chi connectivity index (χ3v) is 13.7. The highest BCUT2D eigenvalue weighted by atomic mass is 16.6. The van der Waals surface area contributed by atoms with E-state index in [0.717, 1.165) is 72.8 Å². The Morgan fingerprint density at radius 3 is 1.41 bits per heavy atom. The van der Waals surface area contributed by atoms with Crippen LogP contribution in [0.2, 0.25) is 0 Å². The number of hydrogen-bond acceptors (Lipinski definition) is 4. The third-order valence-electron chi connectivity index (χ3n) is 13.7. The van der Waals surface area contributed by atoms with Crippen LogP contribution in [-0.2, 0) is 5.41 Å². The molecule has 0 saturated heterocycles. The van der Waals surface area contributed by atoms with Crippen molar-refractivity contribution in [3.05, 3.63) is 277 Å². The minimum Gasteiger partial charge on any atom is -0.449 e. The van der Waals surface area contributed by atoms with Gasteiger partial charge < -0.3 is 9.47 Å². The fraction of sp³-hybridized carbons (Fsp3) is 0.0154. The lowest BCUT2D eigenvalue weighted by molar-refractivity contribution is 0.360. The number of nitrogens with zero attached hydrogens (tertiary/aromatic N) is 2. The Hall–Kier alpha value is -9.12. The van der Waals surface area contributed by atoms with E-state index in [2.05, 4.69) is 237 Å². The van der Waals surface area contributed by atoms with Crippen LogP contribution in [0.1, 0.15) is 22.3 Å². The maximum Gasteiger partial charge on any atom is 0.178 e. The summed E-state index contributed by atoms with van der Waals surface area (Å²) in [4.78, 5) is 10.5. The molecule has 11 aromatic rings. The van der Waals surface area contributed by atoms with Crippen LogP contribution >= 0.6 is 0 Å². The molecule has 2 heterocycles. The summed E-state index contributed by atoms with van der Waals surface area (Å²) < 4.78 is 13.9. The van der Waals surface area contributed by atoms with Crippen LogP contribution in [0.5, 0.6) is 23.0 Å². The standard InChI is InChI=1S/C65H42N2O2/c1-5-17-43(18-6-1)45-29-33-47(34-30-45)57-42-58(67-64(66-57)48-35-31-46(32-36-48)44-19-7-2-8-20-44)53-26-14-13-25-52(53)49-37-39-59-61(41-49)68-60-40-38-56-62(63(60)69-59)54-27-15-16-28-55(54)65(56,50-21-9-3-10-22-50)51-23-11-4-12-24-51/h1-42H. The molecule has 0 saturated carbocycles. The van der Waals surface area contributed by atoms with Crippen molar-refractivity contribution >= 4 is 0 Å². The smallest absolute Gasteiger partial charge is 0.178 e. The maximum absolute atomic E-state index is 7.00. The van der Waals surface area contributed by atoms with E-state index < -0.39 is 5.41 Å². The molecule has 0 atom stereocenters. The molecule has 0 unspecified atom stereocenters. The van der Waals surface area contributed by atoms with Gasteiger partial charge in [0.1, 0.15) is 0 Å². The van der Waals surface area contributed by atoms with Crippen LogP contribution < -0.4 is 9.47 Å². The van der Waals surface area contributed by atoms with E-state index in [1.807, 2.05) is 18.2 Å². The predicted octanol–water partition coefficient (Wildman–Crippen LogP) is 16.7. The van der Waals surface area contributed by atoms with Gasteiger partial charge >= 0.3 is 0 Å². The van der Waals surface area contributed by atoms with Gasteiger partial charge in [-0.2, -0.15) is 0 Å². The van der Waals surface area contributed by atoms with E-state index in [4.69, 9.17) is 19.4 Å². The molecular weight excluding hydrogens is 841 g/mol. The van der Waals surface area contributed by atoms with Crippen LogP contribution in [0.25, 0.3) is 78.4 Å². The fourth-order valence-corrected chi connectivity index (χ4v) is 10.5. The Bertz CT molecular complexity index is 3550. The molecule has 4 heteroatoms. The summed E-state index contributed by atoms with van der Waals surface area (Å²) in [7, 11) is 0. The van der Waals surface area contributed by atoms with Gasteiger partial charge in [0.25, 0.3) is 0 Å². The monoisotopic (exact) mass is 882 g/mol. The second-order valence-electron chi connectivity index (χ2n) is 17.6. The Morgan fingerprint density at radius 2 is 0.768 bits per heavy atom. The average molecular weight is 883 g/mol. The molecule has 1 aliphatic heterocycles. The van der Waals surface area contributed by atoms with E-state index >= 15 is 0 Å². The van der Waals surface area contributed by atoms with Gasteiger partial charge in [-0.05, 0) is 85.5 Å². The van der Waals surface area contributed by atoms with Crippen LogP contribution in [0, 0.1) is 0 Å². The minimum absolute atomic E-state index is 0.543. The molecule has 1 aliphatic carbocycles. The Kier molecular flexibility index (Phi) is 9.69. The summed E-state index contributed by atoms with van der Waals surface area (Å²) in [5.74, 6) is 3.38. The van der Waals surface area contributed by atoms with Crippen LogP contribution in [0.15, 0.2) is 255 Å². The van der Waals surface area contributed by atoms with Crippen molar-refractivity contribution < 1.29 is 9.47 Å². The van der Waals surface area contributed by atoms with Crippen molar-refractivity contribution in [1.29, 1.82) is 0 Å². The highest BCUT2D eigenvalue weighted by molar-refractivity contribution is 5.92. The molecule has 1 aromatic heterocycles. The first kappa shape index (κ1) is 40.2. The molecule has 0 bridgehead atoms. The number of aromatic nitrogens is 2. The summed E-state index contributed by atoms with van der Waals surface area (Å²) in [5.41, 5.74) is 17.6. The van der Waals surface area contributed by atoms with Crippen molar-refractivity contribution in [3.63, 3.8) is 0 Å². The molecule has 0 fully saturated rings. The molecule has 69 heavy (non-hydrogen) atoms. The molecule has 13 rings (SSSR count). The fourth-order valence-electron chi connectivity index (χ4n) is 10.5. The topological polar surface area (TPSA) is 44.2 Å². The van der Waals surface area contributed by atoms with Crippen molar-refractivity contribution in [2.45, 2.75) is 5.41 Å². The van der Waals surface area contributed by atoms with Gasteiger partial charge in [-0.3, -0.25) is 0 Å². The first-order valence-corrected chi connectivity index (χ1v) is 23.4. The summed E-state index contributed by atoms with van der Waals surface area (Å²) in [5, 5.41) is 0. The summed E-state index contributed by atoms with van der Waals surface area (Å²) in [6.07, 6.45) is 0. The number of rotatable bonds is 8. The van der Waals surface area contributed by atoms with Crippen LogP contribution in [0.4, 0.5) is 0 Å². The molecule has 0 amide bonds. The number of hydrogen-bond donors (Lipinski definition) is 0. The van der Waals surface area contributed by atoms with E-state index in [-0.39, 0.29) is 0 Å². The number of benzene rings is 10. The van der Waals surface area contributed by atoms with Gasteiger partial charge in [-0.1, -0.05) is 231 Å². The average Bonchev–Trinajstić information content (AvgIpc) is 3.75. The van der Waals surface area contributed by atoms with Gasteiger partial charge in [-0.15, -0.1) is 0 Å². The lowest BCUT2D eigenvalue weighted by Gasteiger charge is -2.34. The molecule has 2 aliphatic rings. The first-order chi connectivity index (χ1) is 34.2. The number of fused-ring (bicyclic) bond motifs is 6. The predicted molar refractivity (Wildman–Crippen MR) is 279 cm³/mol. The lowest BCUT2D eigenvalue weighted by Crippen LogP contribution is -2.28. The summed E-state index contributed by atoms with van der Waals surface area (Å²) >= 11 is 0.